The Morgan fingerprint density at radius 3 is 2.71 bits per heavy atom. The molecule has 1 aromatic rings. The van der Waals surface area contributed by atoms with Crippen LogP contribution in [0.1, 0.15) is 42.2 Å². The van der Waals surface area contributed by atoms with Crippen LogP contribution in [-0.4, -0.2) is 29.4 Å². The van der Waals surface area contributed by atoms with Crippen molar-refractivity contribution in [2.45, 2.75) is 33.1 Å². The standard InChI is InChI=1S/C13H19ClN2O/c1-4-5-6-7-16(3)13(17)11-8-10(2)15-12(14)9-11/h8-9H,4-7H2,1-3H3. The minimum atomic E-state index is 0.00787. The van der Waals surface area contributed by atoms with Crippen molar-refractivity contribution in [3.8, 4) is 0 Å². The first kappa shape index (κ1) is 14.0. The minimum Gasteiger partial charge on any atom is -0.342 e. The summed E-state index contributed by atoms with van der Waals surface area (Å²) in [7, 11) is 1.82. The maximum Gasteiger partial charge on any atom is 0.253 e. The quantitative estimate of drug-likeness (QED) is 0.597. The summed E-state index contributed by atoms with van der Waals surface area (Å²) in [5.74, 6) is 0.00787. The number of pyridine rings is 1. The molecule has 0 aromatic carbocycles. The lowest BCUT2D eigenvalue weighted by atomic mass is 10.2. The third-order valence-electron chi connectivity index (χ3n) is 2.61. The van der Waals surface area contributed by atoms with Crippen molar-refractivity contribution >= 4 is 17.5 Å². The van der Waals surface area contributed by atoms with Crippen molar-refractivity contribution in [1.82, 2.24) is 9.88 Å². The van der Waals surface area contributed by atoms with Gasteiger partial charge in [-0.25, -0.2) is 4.98 Å². The maximum atomic E-state index is 12.1. The molecule has 0 spiro atoms. The maximum absolute atomic E-state index is 12.1. The number of hydrogen-bond donors (Lipinski definition) is 0. The molecule has 0 aliphatic heterocycles. The number of aromatic nitrogens is 1. The van der Waals surface area contributed by atoms with Gasteiger partial charge < -0.3 is 4.90 Å². The van der Waals surface area contributed by atoms with E-state index in [-0.39, 0.29) is 5.91 Å². The van der Waals surface area contributed by atoms with Crippen molar-refractivity contribution in [3.05, 3.63) is 28.5 Å². The fraction of sp³-hybridized carbons (Fsp3) is 0.538. The second-order valence-corrected chi connectivity index (χ2v) is 4.64. The van der Waals surface area contributed by atoms with Crippen LogP contribution in [0.3, 0.4) is 0 Å². The van der Waals surface area contributed by atoms with Gasteiger partial charge in [0.15, 0.2) is 0 Å². The van der Waals surface area contributed by atoms with Gasteiger partial charge in [-0.1, -0.05) is 31.4 Å². The number of rotatable bonds is 5. The van der Waals surface area contributed by atoms with Gasteiger partial charge in [0, 0.05) is 24.8 Å². The van der Waals surface area contributed by atoms with Gasteiger partial charge in [-0.05, 0) is 25.5 Å². The summed E-state index contributed by atoms with van der Waals surface area (Å²) in [6.07, 6.45) is 3.34. The third-order valence-corrected chi connectivity index (χ3v) is 2.81. The predicted molar refractivity (Wildman–Crippen MR) is 70.5 cm³/mol. The van der Waals surface area contributed by atoms with Crippen molar-refractivity contribution in [2.24, 2.45) is 0 Å². The van der Waals surface area contributed by atoms with Gasteiger partial charge in [0.2, 0.25) is 0 Å². The summed E-state index contributed by atoms with van der Waals surface area (Å²) < 4.78 is 0. The first-order valence-electron chi connectivity index (χ1n) is 5.94. The predicted octanol–water partition coefficient (Wildman–Crippen LogP) is 3.31. The Morgan fingerprint density at radius 1 is 1.41 bits per heavy atom. The topological polar surface area (TPSA) is 33.2 Å². The van der Waals surface area contributed by atoms with E-state index in [1.54, 1.807) is 17.0 Å². The number of halogens is 1. The van der Waals surface area contributed by atoms with Crippen molar-refractivity contribution in [1.29, 1.82) is 0 Å². The number of carbonyl (C=O) groups excluding carboxylic acids is 1. The molecule has 0 bridgehead atoms. The number of carbonyl (C=O) groups is 1. The van der Waals surface area contributed by atoms with Gasteiger partial charge in [-0.15, -0.1) is 0 Å². The van der Waals surface area contributed by atoms with E-state index in [9.17, 15) is 4.79 Å². The summed E-state index contributed by atoms with van der Waals surface area (Å²) in [6, 6.07) is 3.39. The smallest absolute Gasteiger partial charge is 0.253 e. The minimum absolute atomic E-state index is 0.00787. The molecule has 0 atom stereocenters. The lowest BCUT2D eigenvalue weighted by Crippen LogP contribution is -2.27. The van der Waals surface area contributed by atoms with Crippen LogP contribution in [0, 0.1) is 6.92 Å². The van der Waals surface area contributed by atoms with Crippen LogP contribution in [0.15, 0.2) is 12.1 Å². The molecule has 0 aliphatic rings. The Balaban J connectivity index is 2.68. The van der Waals surface area contributed by atoms with Gasteiger partial charge in [-0.2, -0.15) is 0 Å². The van der Waals surface area contributed by atoms with Crippen LogP contribution >= 0.6 is 11.6 Å². The number of amides is 1. The van der Waals surface area contributed by atoms with Crippen molar-refractivity contribution in [3.63, 3.8) is 0 Å². The highest BCUT2D eigenvalue weighted by Crippen LogP contribution is 2.12. The SMILES string of the molecule is CCCCCN(C)C(=O)c1cc(C)nc(Cl)c1. The van der Waals surface area contributed by atoms with Gasteiger partial charge in [0.25, 0.3) is 5.91 Å². The summed E-state index contributed by atoms with van der Waals surface area (Å²) in [4.78, 5) is 17.9. The Morgan fingerprint density at radius 2 is 2.12 bits per heavy atom. The molecule has 1 aromatic heterocycles. The highest BCUT2D eigenvalue weighted by molar-refractivity contribution is 6.29. The van der Waals surface area contributed by atoms with E-state index in [0.717, 1.165) is 31.5 Å². The highest BCUT2D eigenvalue weighted by Gasteiger charge is 2.12. The number of hydrogen-bond acceptors (Lipinski definition) is 2. The Bertz CT molecular complexity index is 373. The molecule has 4 heteroatoms. The van der Waals surface area contributed by atoms with Crippen molar-refractivity contribution < 1.29 is 4.79 Å². The molecule has 1 heterocycles. The van der Waals surface area contributed by atoms with E-state index >= 15 is 0 Å². The second kappa shape index (κ2) is 6.60. The molecular weight excluding hydrogens is 236 g/mol. The fourth-order valence-electron chi connectivity index (χ4n) is 1.67. The Kier molecular flexibility index (Phi) is 5.42. The molecule has 0 fully saturated rings. The largest absolute Gasteiger partial charge is 0.342 e. The zero-order valence-electron chi connectivity index (χ0n) is 10.7. The molecule has 0 saturated carbocycles. The van der Waals surface area contributed by atoms with Crippen molar-refractivity contribution in [2.75, 3.05) is 13.6 Å². The zero-order chi connectivity index (χ0) is 12.8. The second-order valence-electron chi connectivity index (χ2n) is 4.25. The third kappa shape index (κ3) is 4.35. The molecule has 0 unspecified atom stereocenters. The fourth-order valence-corrected chi connectivity index (χ4v) is 1.92. The van der Waals surface area contributed by atoms with Crippen LogP contribution < -0.4 is 0 Å². The first-order valence-corrected chi connectivity index (χ1v) is 6.32. The molecule has 94 valence electrons. The zero-order valence-corrected chi connectivity index (χ0v) is 11.4. The molecule has 3 nitrogen and oxygen atoms in total. The Labute approximate surface area is 108 Å². The average Bonchev–Trinajstić information content (AvgIpc) is 2.27. The number of unbranched alkanes of at least 4 members (excludes halogenated alkanes) is 2. The normalized spacial score (nSPS) is 10.4. The van der Waals surface area contributed by atoms with E-state index in [1.165, 1.54) is 0 Å². The van der Waals surface area contributed by atoms with Gasteiger partial charge in [0.1, 0.15) is 5.15 Å². The first-order chi connectivity index (χ1) is 8.04. The summed E-state index contributed by atoms with van der Waals surface area (Å²) in [5.41, 5.74) is 1.38. The lowest BCUT2D eigenvalue weighted by molar-refractivity contribution is 0.0792. The molecule has 0 aliphatic carbocycles. The molecule has 1 amide bonds. The number of aryl methyl sites for hydroxylation is 1. The molecular formula is C13H19ClN2O. The Hall–Kier alpha value is -1.09. The van der Waals surface area contributed by atoms with Gasteiger partial charge >= 0.3 is 0 Å². The molecule has 17 heavy (non-hydrogen) atoms. The summed E-state index contributed by atoms with van der Waals surface area (Å²) in [5, 5.41) is 0.371. The van der Waals surface area contributed by atoms with E-state index in [0.29, 0.717) is 10.7 Å². The van der Waals surface area contributed by atoms with Crippen LogP contribution in [0.25, 0.3) is 0 Å². The molecule has 0 saturated heterocycles. The summed E-state index contributed by atoms with van der Waals surface area (Å²) in [6.45, 7) is 4.76. The van der Waals surface area contributed by atoms with E-state index in [4.69, 9.17) is 11.6 Å². The van der Waals surface area contributed by atoms with Crippen LogP contribution in [0.5, 0.6) is 0 Å². The average molecular weight is 255 g/mol. The van der Waals surface area contributed by atoms with Crippen LogP contribution in [0.2, 0.25) is 5.15 Å². The van der Waals surface area contributed by atoms with E-state index in [1.807, 2.05) is 14.0 Å². The van der Waals surface area contributed by atoms with E-state index < -0.39 is 0 Å². The van der Waals surface area contributed by atoms with Crippen LogP contribution in [-0.2, 0) is 0 Å². The van der Waals surface area contributed by atoms with Crippen LogP contribution in [0.4, 0.5) is 0 Å². The van der Waals surface area contributed by atoms with Gasteiger partial charge in [-0.3, -0.25) is 4.79 Å². The molecule has 1 rings (SSSR count). The lowest BCUT2D eigenvalue weighted by Gasteiger charge is -2.17. The van der Waals surface area contributed by atoms with E-state index in [2.05, 4.69) is 11.9 Å². The van der Waals surface area contributed by atoms with Gasteiger partial charge in [0.05, 0.1) is 0 Å². The number of nitrogens with zero attached hydrogens (tertiary/aromatic N) is 2. The monoisotopic (exact) mass is 254 g/mol. The molecule has 0 N–H and O–H groups in total. The summed E-state index contributed by atoms with van der Waals surface area (Å²) >= 11 is 5.84. The molecule has 0 radical (unpaired) electrons. The highest BCUT2D eigenvalue weighted by atomic mass is 35.5.